The van der Waals surface area contributed by atoms with Gasteiger partial charge in [-0.3, -0.25) is 0 Å². The van der Waals surface area contributed by atoms with Gasteiger partial charge in [-0.25, -0.2) is 4.68 Å². The third-order valence-corrected chi connectivity index (χ3v) is 3.01. The number of tetrazole rings is 1. The summed E-state index contributed by atoms with van der Waals surface area (Å²) in [6, 6.07) is 9.87. The van der Waals surface area contributed by atoms with Gasteiger partial charge in [0.15, 0.2) is 5.82 Å². The highest BCUT2D eigenvalue weighted by molar-refractivity contribution is 5.13. The van der Waals surface area contributed by atoms with Crippen molar-refractivity contribution >= 4 is 0 Å². The minimum atomic E-state index is -0.640. The van der Waals surface area contributed by atoms with Crippen molar-refractivity contribution in [3.8, 4) is 0 Å². The van der Waals surface area contributed by atoms with Crippen LogP contribution >= 0.6 is 0 Å². The van der Waals surface area contributed by atoms with E-state index in [1.54, 1.807) is 4.68 Å². The minimum Gasteiger partial charge on any atom is -0.389 e. The first-order valence-corrected chi connectivity index (χ1v) is 7.03. The molecule has 6 heteroatoms. The molecule has 0 bridgehead atoms. The zero-order chi connectivity index (χ0) is 15.3. The Hall–Kier alpha value is -1.79. The molecule has 0 amide bonds. The van der Waals surface area contributed by atoms with Crippen molar-refractivity contribution in [2.24, 2.45) is 0 Å². The van der Waals surface area contributed by atoms with E-state index in [4.69, 9.17) is 4.74 Å². The highest BCUT2D eigenvalue weighted by Crippen LogP contribution is 2.18. The lowest BCUT2D eigenvalue weighted by molar-refractivity contribution is 0.0177. The number of aliphatic hydroxyl groups is 1. The summed E-state index contributed by atoms with van der Waals surface area (Å²) in [5, 5.41) is 21.7. The largest absolute Gasteiger partial charge is 0.389 e. The van der Waals surface area contributed by atoms with Crippen molar-refractivity contribution in [3.63, 3.8) is 0 Å². The van der Waals surface area contributed by atoms with Gasteiger partial charge in [0.2, 0.25) is 0 Å². The van der Waals surface area contributed by atoms with E-state index < -0.39 is 6.10 Å². The fourth-order valence-electron chi connectivity index (χ4n) is 2.00. The lowest BCUT2D eigenvalue weighted by Crippen LogP contribution is -2.27. The molecule has 21 heavy (non-hydrogen) atoms. The van der Waals surface area contributed by atoms with E-state index in [2.05, 4.69) is 15.5 Å². The summed E-state index contributed by atoms with van der Waals surface area (Å²) in [6.07, 6.45) is -0.640. The maximum absolute atomic E-state index is 10.0. The summed E-state index contributed by atoms with van der Waals surface area (Å²) in [5.41, 5.74) is 0.927. The number of hydrogen-bond acceptors (Lipinski definition) is 5. The normalized spacial score (nSPS) is 13.3. The van der Waals surface area contributed by atoms with Crippen LogP contribution in [0, 0.1) is 0 Å². The van der Waals surface area contributed by atoms with E-state index in [0.717, 1.165) is 11.4 Å². The number of nitrogens with zero attached hydrogens (tertiary/aromatic N) is 4. The Kier molecular flexibility index (Phi) is 5.03. The predicted octanol–water partition coefficient (Wildman–Crippen LogP) is 1.55. The molecular weight excluding hydrogens is 268 g/mol. The lowest BCUT2D eigenvalue weighted by Gasteiger charge is -2.18. The van der Waals surface area contributed by atoms with E-state index in [1.165, 1.54) is 0 Å². The van der Waals surface area contributed by atoms with E-state index in [0.29, 0.717) is 13.2 Å². The van der Waals surface area contributed by atoms with Gasteiger partial charge < -0.3 is 9.84 Å². The van der Waals surface area contributed by atoms with Gasteiger partial charge in [0.1, 0.15) is 0 Å². The van der Waals surface area contributed by atoms with E-state index in [-0.39, 0.29) is 12.0 Å². The zero-order valence-electron chi connectivity index (χ0n) is 12.7. The van der Waals surface area contributed by atoms with Crippen LogP contribution in [0.1, 0.15) is 32.2 Å². The second-order valence-corrected chi connectivity index (χ2v) is 6.09. The van der Waals surface area contributed by atoms with E-state index in [9.17, 15) is 5.11 Å². The number of benzene rings is 1. The first kappa shape index (κ1) is 15.6. The quantitative estimate of drug-likeness (QED) is 0.873. The molecule has 2 rings (SSSR count). The average molecular weight is 290 g/mol. The molecule has 0 saturated carbocycles. The highest BCUT2D eigenvalue weighted by Gasteiger charge is 2.23. The lowest BCUT2D eigenvalue weighted by atomic mass is 9.96. The average Bonchev–Trinajstić information content (AvgIpc) is 2.88. The van der Waals surface area contributed by atoms with Crippen LogP contribution in [-0.4, -0.2) is 38.0 Å². The third kappa shape index (κ3) is 4.61. The molecule has 0 aliphatic rings. The van der Waals surface area contributed by atoms with Gasteiger partial charge in [-0.15, -0.1) is 5.10 Å². The van der Waals surface area contributed by atoms with Crippen molar-refractivity contribution < 1.29 is 9.84 Å². The molecule has 1 unspecified atom stereocenters. The van der Waals surface area contributed by atoms with Crippen LogP contribution in [0.25, 0.3) is 0 Å². The van der Waals surface area contributed by atoms with Crippen molar-refractivity contribution in [2.45, 2.75) is 45.4 Å². The molecule has 6 nitrogen and oxygen atoms in total. The second kappa shape index (κ2) is 6.78. The number of aromatic nitrogens is 4. The predicted molar refractivity (Wildman–Crippen MR) is 78.6 cm³/mol. The molecule has 1 atom stereocenters. The molecule has 114 valence electrons. The molecule has 0 fully saturated rings. The Morgan fingerprint density at radius 2 is 1.95 bits per heavy atom. The summed E-state index contributed by atoms with van der Waals surface area (Å²) in [4.78, 5) is 0. The van der Waals surface area contributed by atoms with Crippen LogP contribution in [0.15, 0.2) is 30.3 Å². The molecular formula is C15H22N4O2. The molecule has 1 aromatic carbocycles. The number of rotatable bonds is 6. The van der Waals surface area contributed by atoms with E-state index >= 15 is 0 Å². The first-order chi connectivity index (χ1) is 9.97. The SMILES string of the molecule is CC(C)(C)c1nnnn1CC(O)COCc1ccccc1. The number of ether oxygens (including phenoxy) is 1. The smallest absolute Gasteiger partial charge is 0.156 e. The topological polar surface area (TPSA) is 73.1 Å². The van der Waals surface area contributed by atoms with Crippen molar-refractivity contribution in [2.75, 3.05) is 6.61 Å². The Morgan fingerprint density at radius 1 is 1.24 bits per heavy atom. The van der Waals surface area contributed by atoms with Crippen LogP contribution < -0.4 is 0 Å². The van der Waals surface area contributed by atoms with Crippen LogP contribution in [0.3, 0.4) is 0 Å². The molecule has 1 heterocycles. The standard InChI is InChI=1S/C15H22N4O2/c1-15(2,3)14-16-17-18-19(14)9-13(20)11-21-10-12-7-5-4-6-8-12/h4-8,13,20H,9-11H2,1-3H3. The first-order valence-electron chi connectivity index (χ1n) is 7.03. The van der Waals surface area contributed by atoms with Crippen LogP contribution in [0.5, 0.6) is 0 Å². The summed E-state index contributed by atoms with van der Waals surface area (Å²) in [6.45, 7) is 7.17. The summed E-state index contributed by atoms with van der Waals surface area (Å²) < 4.78 is 7.16. The molecule has 1 N–H and O–H groups in total. The minimum absolute atomic E-state index is 0.159. The third-order valence-electron chi connectivity index (χ3n) is 3.01. The molecule has 1 aromatic heterocycles. The van der Waals surface area contributed by atoms with Gasteiger partial charge in [0.05, 0.1) is 25.9 Å². The maximum Gasteiger partial charge on any atom is 0.156 e. The molecule has 2 aromatic rings. The van der Waals surface area contributed by atoms with Gasteiger partial charge in [0, 0.05) is 5.41 Å². The number of aliphatic hydroxyl groups excluding tert-OH is 1. The van der Waals surface area contributed by atoms with Gasteiger partial charge in [-0.05, 0) is 16.0 Å². The molecule has 0 spiro atoms. The molecule has 0 aliphatic heterocycles. The number of hydrogen-bond donors (Lipinski definition) is 1. The van der Waals surface area contributed by atoms with Gasteiger partial charge in [-0.1, -0.05) is 51.1 Å². The Balaban J connectivity index is 1.82. The monoisotopic (exact) mass is 290 g/mol. The van der Waals surface area contributed by atoms with Gasteiger partial charge in [0.25, 0.3) is 0 Å². The van der Waals surface area contributed by atoms with Crippen LogP contribution in [0.2, 0.25) is 0 Å². The summed E-state index contributed by atoms with van der Waals surface area (Å²) >= 11 is 0. The zero-order valence-corrected chi connectivity index (χ0v) is 12.7. The fourth-order valence-corrected chi connectivity index (χ4v) is 2.00. The summed E-state index contributed by atoms with van der Waals surface area (Å²) in [5.74, 6) is 0.754. The van der Waals surface area contributed by atoms with Gasteiger partial charge in [-0.2, -0.15) is 0 Å². The highest BCUT2D eigenvalue weighted by atomic mass is 16.5. The fraction of sp³-hybridized carbons (Fsp3) is 0.533. The maximum atomic E-state index is 10.0. The Bertz CT molecular complexity index is 548. The van der Waals surface area contributed by atoms with Gasteiger partial charge >= 0.3 is 0 Å². The Morgan fingerprint density at radius 3 is 2.62 bits per heavy atom. The van der Waals surface area contributed by atoms with E-state index in [1.807, 2.05) is 51.1 Å². The van der Waals surface area contributed by atoms with Crippen molar-refractivity contribution in [1.82, 2.24) is 20.2 Å². The molecule has 0 radical (unpaired) electrons. The van der Waals surface area contributed by atoms with Crippen molar-refractivity contribution in [1.29, 1.82) is 0 Å². The van der Waals surface area contributed by atoms with Crippen LogP contribution in [-0.2, 0) is 23.3 Å². The van der Waals surface area contributed by atoms with Crippen LogP contribution in [0.4, 0.5) is 0 Å². The Labute approximate surface area is 124 Å². The molecule has 0 aliphatic carbocycles. The summed E-state index contributed by atoms with van der Waals surface area (Å²) in [7, 11) is 0. The second-order valence-electron chi connectivity index (χ2n) is 6.09. The molecule has 0 saturated heterocycles. The van der Waals surface area contributed by atoms with Crippen molar-refractivity contribution in [3.05, 3.63) is 41.7 Å².